The van der Waals surface area contributed by atoms with Crippen LogP contribution in [0, 0.1) is 0 Å². The normalized spacial score (nSPS) is 8.44. The predicted octanol–water partition coefficient (Wildman–Crippen LogP) is -0.365. The average Bonchev–Trinajstić information content (AvgIpc) is 1.27. The van der Waals surface area contributed by atoms with Crippen LogP contribution in [-0.2, 0) is 10.4 Å². The summed E-state index contributed by atoms with van der Waals surface area (Å²) in [5.74, 6) is 0.944. The Labute approximate surface area is 82.3 Å². The van der Waals surface area contributed by atoms with Gasteiger partial charge >= 0.3 is 40.0 Å². The van der Waals surface area contributed by atoms with E-state index in [0.29, 0.717) is 0 Å². The molecule has 0 aliphatic heterocycles. The third-order valence-electron chi connectivity index (χ3n) is 0. The van der Waals surface area contributed by atoms with Crippen molar-refractivity contribution in [1.29, 1.82) is 0 Å². The molecule has 0 aromatic heterocycles. The molecule has 0 fully saturated rings. The van der Waals surface area contributed by atoms with Crippen molar-refractivity contribution in [2.24, 2.45) is 0 Å². The first-order valence-electron chi connectivity index (χ1n) is 1.72. The summed E-state index contributed by atoms with van der Waals surface area (Å²) in [6, 6.07) is 0. The quantitative estimate of drug-likeness (QED) is 0.273. The maximum atomic E-state index is 8.74. The Balaban J connectivity index is -0.0000000800. The first-order chi connectivity index (χ1) is 3.41. The standard InChI is InChI=1S/C2H6S.Na.H2O4S.H/c1-2-3;;1-5(2,3)4;/h3H,2H2,1H3;;(H2,1,2,3,4);. The molecule has 0 aliphatic rings. The van der Waals surface area contributed by atoms with Crippen LogP contribution in [0.2, 0.25) is 0 Å². The van der Waals surface area contributed by atoms with Crippen molar-refractivity contribution in [3.63, 3.8) is 0 Å². The molecular formula is C2H9NaO4S2. The molecule has 0 amide bonds. The number of thiol groups is 1. The molecule has 0 aromatic carbocycles. The molecule has 0 rings (SSSR count). The van der Waals surface area contributed by atoms with E-state index in [-0.39, 0.29) is 29.6 Å². The molecule has 0 saturated heterocycles. The van der Waals surface area contributed by atoms with Gasteiger partial charge < -0.3 is 0 Å². The molecule has 0 aliphatic carbocycles. The van der Waals surface area contributed by atoms with Gasteiger partial charge in [-0.15, -0.1) is 0 Å². The Morgan fingerprint density at radius 2 is 1.44 bits per heavy atom. The van der Waals surface area contributed by atoms with Crippen LogP contribution in [0.5, 0.6) is 0 Å². The van der Waals surface area contributed by atoms with E-state index >= 15 is 0 Å². The van der Waals surface area contributed by atoms with Crippen LogP contribution in [0.1, 0.15) is 6.92 Å². The molecule has 0 heterocycles. The Bertz CT molecular complexity index is 111. The summed E-state index contributed by atoms with van der Waals surface area (Å²) in [5.41, 5.74) is 0. The molecular weight excluding hydrogens is 175 g/mol. The van der Waals surface area contributed by atoms with Crippen molar-refractivity contribution >= 4 is 52.6 Å². The molecule has 0 aromatic rings. The van der Waals surface area contributed by atoms with Gasteiger partial charge in [-0.25, -0.2) is 0 Å². The molecule has 2 N–H and O–H groups in total. The van der Waals surface area contributed by atoms with Crippen LogP contribution in [-0.4, -0.2) is 52.8 Å². The van der Waals surface area contributed by atoms with Crippen molar-refractivity contribution in [2.45, 2.75) is 6.92 Å². The zero-order chi connectivity index (χ0) is 7.21. The SMILES string of the molecule is CCS.O=S(=O)(O)O.[NaH]. The van der Waals surface area contributed by atoms with Crippen LogP contribution >= 0.6 is 12.6 Å². The monoisotopic (exact) mass is 184 g/mol. The van der Waals surface area contributed by atoms with Gasteiger partial charge in [0, 0.05) is 0 Å². The van der Waals surface area contributed by atoms with Gasteiger partial charge in [-0.1, -0.05) is 6.92 Å². The van der Waals surface area contributed by atoms with Crippen LogP contribution in [0.25, 0.3) is 0 Å². The summed E-state index contributed by atoms with van der Waals surface area (Å²) in [6.45, 7) is 1.99. The molecule has 7 heteroatoms. The van der Waals surface area contributed by atoms with E-state index in [1.54, 1.807) is 0 Å². The van der Waals surface area contributed by atoms with Gasteiger partial charge in [0.2, 0.25) is 0 Å². The van der Waals surface area contributed by atoms with Crippen molar-refractivity contribution < 1.29 is 17.5 Å². The molecule has 9 heavy (non-hydrogen) atoms. The number of hydrogen-bond donors (Lipinski definition) is 3. The summed E-state index contributed by atoms with van der Waals surface area (Å²) in [4.78, 5) is 0. The van der Waals surface area contributed by atoms with Crippen LogP contribution in [0.15, 0.2) is 0 Å². The topological polar surface area (TPSA) is 74.6 Å². The number of rotatable bonds is 0. The van der Waals surface area contributed by atoms with Crippen molar-refractivity contribution in [3.8, 4) is 0 Å². The number of hydrogen-bond acceptors (Lipinski definition) is 3. The van der Waals surface area contributed by atoms with E-state index in [1.807, 2.05) is 6.92 Å². The fourth-order valence-electron chi connectivity index (χ4n) is 0. The van der Waals surface area contributed by atoms with Gasteiger partial charge in [0.15, 0.2) is 0 Å². The van der Waals surface area contributed by atoms with Crippen molar-refractivity contribution in [1.82, 2.24) is 0 Å². The van der Waals surface area contributed by atoms with Crippen LogP contribution < -0.4 is 0 Å². The minimum atomic E-state index is -4.67. The van der Waals surface area contributed by atoms with E-state index < -0.39 is 10.4 Å². The molecule has 54 valence electrons. The van der Waals surface area contributed by atoms with E-state index in [1.165, 1.54) is 0 Å². The average molecular weight is 184 g/mol. The second kappa shape index (κ2) is 9.22. The summed E-state index contributed by atoms with van der Waals surface area (Å²) < 4.78 is 31.6. The molecule has 4 nitrogen and oxygen atoms in total. The second-order valence-corrected chi connectivity index (χ2v) is 2.29. The molecule has 0 atom stereocenters. The maximum absolute atomic E-state index is 8.74. The van der Waals surface area contributed by atoms with Crippen molar-refractivity contribution in [2.75, 3.05) is 5.75 Å². The van der Waals surface area contributed by atoms with E-state index in [0.717, 1.165) is 5.75 Å². The Morgan fingerprint density at radius 3 is 1.44 bits per heavy atom. The molecule has 0 bridgehead atoms. The molecule has 0 saturated carbocycles. The van der Waals surface area contributed by atoms with Crippen LogP contribution in [0.3, 0.4) is 0 Å². The van der Waals surface area contributed by atoms with Gasteiger partial charge in [0.05, 0.1) is 0 Å². The Kier molecular flexibility index (Phi) is 17.1. The fraction of sp³-hybridized carbons (Fsp3) is 1.00. The first kappa shape index (κ1) is 16.7. The fourth-order valence-corrected chi connectivity index (χ4v) is 0. The van der Waals surface area contributed by atoms with E-state index in [4.69, 9.17) is 17.5 Å². The van der Waals surface area contributed by atoms with Gasteiger partial charge in [-0.05, 0) is 5.75 Å². The molecule has 0 unspecified atom stereocenters. The van der Waals surface area contributed by atoms with E-state index in [9.17, 15) is 0 Å². The third-order valence-corrected chi connectivity index (χ3v) is 0. The Hall–Kier alpha value is 1.22. The molecule has 0 spiro atoms. The van der Waals surface area contributed by atoms with Crippen LogP contribution in [0.4, 0.5) is 0 Å². The summed E-state index contributed by atoms with van der Waals surface area (Å²) in [6.07, 6.45) is 0. The van der Waals surface area contributed by atoms with Gasteiger partial charge in [-0.3, -0.25) is 9.11 Å². The first-order valence-corrected chi connectivity index (χ1v) is 3.75. The third kappa shape index (κ3) is 323. The minimum absolute atomic E-state index is 0. The van der Waals surface area contributed by atoms with E-state index in [2.05, 4.69) is 12.6 Å². The second-order valence-electron chi connectivity index (χ2n) is 0.764. The zero-order valence-electron chi connectivity index (χ0n) is 4.27. The molecule has 0 radical (unpaired) electrons. The predicted molar refractivity (Wildman–Crippen MR) is 40.9 cm³/mol. The summed E-state index contributed by atoms with van der Waals surface area (Å²) in [5, 5.41) is 0. The van der Waals surface area contributed by atoms with Gasteiger partial charge in [0.25, 0.3) is 0 Å². The summed E-state index contributed by atoms with van der Waals surface area (Å²) in [7, 11) is -4.67. The van der Waals surface area contributed by atoms with Gasteiger partial charge in [-0.2, -0.15) is 21.0 Å². The van der Waals surface area contributed by atoms with Gasteiger partial charge in [0.1, 0.15) is 0 Å². The Morgan fingerprint density at radius 1 is 1.44 bits per heavy atom. The zero-order valence-corrected chi connectivity index (χ0v) is 5.98. The summed E-state index contributed by atoms with van der Waals surface area (Å²) >= 11 is 3.79. The van der Waals surface area contributed by atoms with Crippen molar-refractivity contribution in [3.05, 3.63) is 0 Å².